The van der Waals surface area contributed by atoms with Gasteiger partial charge in [0.25, 0.3) is 0 Å². The summed E-state index contributed by atoms with van der Waals surface area (Å²) in [5, 5.41) is 19.3. The van der Waals surface area contributed by atoms with Gasteiger partial charge in [-0.2, -0.15) is 0 Å². The number of hydrogen-bond donors (Lipinski definition) is 2. The Bertz CT molecular complexity index is 758. The predicted octanol–water partition coefficient (Wildman–Crippen LogP) is 3.73. The van der Waals surface area contributed by atoms with E-state index in [4.69, 9.17) is 5.11 Å². The van der Waals surface area contributed by atoms with Gasteiger partial charge in [0.2, 0.25) is 5.91 Å². The molecule has 2 rings (SSSR count). The fourth-order valence-corrected chi connectivity index (χ4v) is 4.10. The van der Waals surface area contributed by atoms with Gasteiger partial charge in [-0.05, 0) is 37.3 Å². The van der Waals surface area contributed by atoms with Crippen molar-refractivity contribution < 1.29 is 19.8 Å². The fraction of sp³-hybridized carbons (Fsp3) is 0.545. The van der Waals surface area contributed by atoms with E-state index in [9.17, 15) is 14.7 Å². The van der Waals surface area contributed by atoms with Gasteiger partial charge in [-0.1, -0.05) is 26.0 Å². The number of aliphatic hydroxyl groups excluding tert-OH is 1. The van der Waals surface area contributed by atoms with Gasteiger partial charge < -0.3 is 15.1 Å². The summed E-state index contributed by atoms with van der Waals surface area (Å²) in [7, 11) is 0. The second kappa shape index (κ2) is 11.0. The van der Waals surface area contributed by atoms with Crippen LogP contribution in [0.15, 0.2) is 24.3 Å². The fourth-order valence-electron chi connectivity index (χ4n) is 3.21. The summed E-state index contributed by atoms with van der Waals surface area (Å²) < 4.78 is 0. The average Bonchev–Trinajstić information content (AvgIpc) is 3.27. The summed E-state index contributed by atoms with van der Waals surface area (Å²) in [6.45, 7) is 4.62. The number of carboxylic acid groups (broad SMARTS) is 1. The van der Waals surface area contributed by atoms with Crippen LogP contribution in [0.4, 0.5) is 0 Å². The molecule has 3 atom stereocenters. The van der Waals surface area contributed by atoms with Gasteiger partial charge in [-0.15, -0.1) is 23.2 Å². The van der Waals surface area contributed by atoms with Gasteiger partial charge in [-0.3, -0.25) is 4.79 Å². The topological polar surface area (TPSA) is 77.8 Å². The quantitative estimate of drug-likeness (QED) is 0.486. The number of thiophene rings is 1. The minimum atomic E-state index is -0.898. The molecule has 0 unspecified atom stereocenters. The van der Waals surface area contributed by atoms with Crippen molar-refractivity contribution in [2.75, 3.05) is 6.54 Å². The Labute approximate surface area is 171 Å². The summed E-state index contributed by atoms with van der Waals surface area (Å²) in [5.74, 6) is 5.39. The van der Waals surface area contributed by atoms with E-state index in [1.165, 1.54) is 11.3 Å². The molecule has 152 valence electrons. The van der Waals surface area contributed by atoms with Crippen molar-refractivity contribution in [2.24, 2.45) is 5.92 Å². The van der Waals surface area contributed by atoms with Crippen LogP contribution in [0.3, 0.4) is 0 Å². The molecule has 1 amide bonds. The molecule has 1 aromatic heterocycles. The second-order valence-corrected chi connectivity index (χ2v) is 8.30. The van der Waals surface area contributed by atoms with E-state index in [-0.39, 0.29) is 17.9 Å². The van der Waals surface area contributed by atoms with Crippen molar-refractivity contribution in [3.05, 3.63) is 34.0 Å². The summed E-state index contributed by atoms with van der Waals surface area (Å²) >= 11 is 1.29. The molecule has 0 aliphatic carbocycles. The molecule has 28 heavy (non-hydrogen) atoms. The molecule has 0 bridgehead atoms. The van der Waals surface area contributed by atoms with E-state index >= 15 is 0 Å². The zero-order chi connectivity index (χ0) is 20.5. The molecular formula is C22H29NO4S. The zero-order valence-electron chi connectivity index (χ0n) is 16.6. The van der Waals surface area contributed by atoms with Gasteiger partial charge in [0.05, 0.1) is 12.1 Å². The van der Waals surface area contributed by atoms with Crippen LogP contribution < -0.4 is 0 Å². The molecule has 0 spiro atoms. The minimum Gasteiger partial charge on any atom is -0.477 e. The van der Waals surface area contributed by atoms with Gasteiger partial charge in [-0.25, -0.2) is 4.79 Å². The number of carbonyl (C=O) groups excluding carboxylic acids is 1. The van der Waals surface area contributed by atoms with Crippen molar-refractivity contribution in [1.29, 1.82) is 0 Å². The summed E-state index contributed by atoms with van der Waals surface area (Å²) in [6.07, 6.45) is 7.52. The van der Waals surface area contributed by atoms with Gasteiger partial charge in [0, 0.05) is 30.7 Å². The molecule has 0 aromatic carbocycles. The minimum absolute atomic E-state index is 0.0222. The Morgan fingerprint density at radius 1 is 1.43 bits per heavy atom. The Kier molecular flexibility index (Phi) is 8.75. The lowest BCUT2D eigenvalue weighted by atomic mass is 10.00. The maximum absolute atomic E-state index is 12.2. The number of carbonyl (C=O) groups is 2. The SMILES string of the molecule is CCC#CC[C@H](C)[C@@H](O)C=C[C@H]1CCC(=O)N1CCCc1ccc(C(=O)O)s1. The maximum Gasteiger partial charge on any atom is 0.345 e. The molecule has 1 aromatic rings. The smallest absolute Gasteiger partial charge is 0.345 e. The first-order valence-corrected chi connectivity index (χ1v) is 10.7. The van der Waals surface area contributed by atoms with E-state index in [1.54, 1.807) is 12.1 Å². The number of aryl methyl sites for hydroxylation is 1. The summed E-state index contributed by atoms with van der Waals surface area (Å²) in [5.41, 5.74) is 0. The lowest BCUT2D eigenvalue weighted by molar-refractivity contribution is -0.128. The van der Waals surface area contributed by atoms with Crippen molar-refractivity contribution in [3.8, 4) is 11.8 Å². The van der Waals surface area contributed by atoms with Crippen LogP contribution in [0.25, 0.3) is 0 Å². The largest absolute Gasteiger partial charge is 0.477 e. The van der Waals surface area contributed by atoms with Gasteiger partial charge >= 0.3 is 5.97 Å². The zero-order valence-corrected chi connectivity index (χ0v) is 17.4. The van der Waals surface area contributed by atoms with Crippen LogP contribution >= 0.6 is 11.3 Å². The molecule has 2 heterocycles. The van der Waals surface area contributed by atoms with Crippen LogP contribution in [-0.4, -0.2) is 45.7 Å². The van der Waals surface area contributed by atoms with E-state index in [0.717, 1.165) is 30.6 Å². The number of aliphatic hydroxyl groups is 1. The third-order valence-electron chi connectivity index (χ3n) is 4.91. The lowest BCUT2D eigenvalue weighted by Crippen LogP contribution is -2.33. The molecule has 1 aliphatic heterocycles. The van der Waals surface area contributed by atoms with Crippen LogP contribution in [0.1, 0.15) is 60.5 Å². The van der Waals surface area contributed by atoms with Crippen molar-refractivity contribution >= 4 is 23.2 Å². The second-order valence-electron chi connectivity index (χ2n) is 7.13. The maximum atomic E-state index is 12.2. The van der Waals surface area contributed by atoms with Crippen LogP contribution in [-0.2, 0) is 11.2 Å². The number of aromatic carboxylic acids is 1. The van der Waals surface area contributed by atoms with Gasteiger partial charge in [0.15, 0.2) is 0 Å². The molecule has 0 saturated carbocycles. The molecule has 1 fully saturated rings. The van der Waals surface area contributed by atoms with Gasteiger partial charge in [0.1, 0.15) is 4.88 Å². The Balaban J connectivity index is 1.85. The highest BCUT2D eigenvalue weighted by Gasteiger charge is 2.28. The van der Waals surface area contributed by atoms with E-state index < -0.39 is 12.1 Å². The highest BCUT2D eigenvalue weighted by molar-refractivity contribution is 7.13. The van der Waals surface area contributed by atoms with Crippen LogP contribution in [0, 0.1) is 17.8 Å². The van der Waals surface area contributed by atoms with Crippen LogP contribution in [0.5, 0.6) is 0 Å². The summed E-state index contributed by atoms with van der Waals surface area (Å²) in [6, 6.07) is 3.49. The predicted molar refractivity (Wildman–Crippen MR) is 111 cm³/mol. The third-order valence-corrected chi connectivity index (χ3v) is 6.04. The van der Waals surface area contributed by atoms with Crippen molar-refractivity contribution in [1.82, 2.24) is 4.90 Å². The highest BCUT2D eigenvalue weighted by Crippen LogP contribution is 2.23. The first kappa shape index (κ1) is 22.2. The monoisotopic (exact) mass is 403 g/mol. The number of amides is 1. The van der Waals surface area contributed by atoms with E-state index in [1.807, 2.05) is 30.9 Å². The molecule has 1 aliphatic rings. The first-order valence-electron chi connectivity index (χ1n) is 9.86. The molecule has 6 heteroatoms. The Morgan fingerprint density at radius 3 is 2.89 bits per heavy atom. The number of likely N-dealkylation sites (tertiary alicyclic amines) is 1. The van der Waals surface area contributed by atoms with Crippen LogP contribution in [0.2, 0.25) is 0 Å². The molecule has 5 nitrogen and oxygen atoms in total. The van der Waals surface area contributed by atoms with Crippen molar-refractivity contribution in [2.45, 2.75) is 64.5 Å². The van der Waals surface area contributed by atoms with E-state index in [0.29, 0.717) is 24.3 Å². The molecular weight excluding hydrogens is 374 g/mol. The Morgan fingerprint density at radius 2 is 2.21 bits per heavy atom. The number of rotatable bonds is 9. The standard InChI is InChI=1S/C22H29NO4S/c1-3-4-5-7-16(2)19(24)12-9-17-10-14-21(25)23(17)15-6-8-18-11-13-20(28-18)22(26)27/h9,11-13,16-17,19,24H,3,6-8,10,14-15H2,1-2H3,(H,26,27)/t16-,17-,19-/m0/s1. The number of nitrogens with zero attached hydrogens (tertiary/aromatic N) is 1. The highest BCUT2D eigenvalue weighted by atomic mass is 32.1. The Hall–Kier alpha value is -2.10. The lowest BCUT2D eigenvalue weighted by Gasteiger charge is -2.23. The van der Waals surface area contributed by atoms with E-state index in [2.05, 4.69) is 11.8 Å². The number of hydrogen-bond acceptors (Lipinski definition) is 4. The van der Waals surface area contributed by atoms with Crippen molar-refractivity contribution in [3.63, 3.8) is 0 Å². The molecule has 0 radical (unpaired) electrons. The normalized spacial score (nSPS) is 18.9. The number of carboxylic acids is 1. The summed E-state index contributed by atoms with van der Waals surface area (Å²) in [4.78, 5) is 26.4. The molecule has 1 saturated heterocycles. The molecule has 2 N–H and O–H groups in total. The first-order chi connectivity index (χ1) is 13.4. The average molecular weight is 404 g/mol. The third kappa shape index (κ3) is 6.50.